The summed E-state index contributed by atoms with van der Waals surface area (Å²) in [7, 11) is 1.20. The van der Waals surface area contributed by atoms with Gasteiger partial charge in [-0.05, 0) is 11.4 Å². The van der Waals surface area contributed by atoms with Crippen molar-refractivity contribution < 1.29 is 22.0 Å². The normalized spacial score (nSPS) is 16.4. The van der Waals surface area contributed by atoms with E-state index in [0.29, 0.717) is 0 Å². The Labute approximate surface area is 88.8 Å². The molecule has 0 aromatic rings. The van der Waals surface area contributed by atoms with Crippen LogP contribution in [0, 0.1) is 7.11 Å². The van der Waals surface area contributed by atoms with E-state index < -0.39 is 16.6 Å². The Kier molecular flexibility index (Phi) is 6.16. The van der Waals surface area contributed by atoms with Crippen molar-refractivity contribution in [2.45, 2.75) is 6.92 Å². The summed E-state index contributed by atoms with van der Waals surface area (Å²) in [5.74, 6) is 0.220. The molecule has 0 aromatic heterocycles. The first-order chi connectivity index (χ1) is 6.39. The average molecular weight is 261 g/mol. The lowest BCUT2D eigenvalue weighted by Gasteiger charge is -2.07. The highest BCUT2D eigenvalue weighted by Gasteiger charge is 2.26. The molecule has 14 heavy (non-hydrogen) atoms. The molecule has 84 valence electrons. The summed E-state index contributed by atoms with van der Waals surface area (Å²) in [6, 6.07) is 0. The van der Waals surface area contributed by atoms with Crippen LogP contribution in [0.5, 0.6) is 0 Å². The van der Waals surface area contributed by atoms with Crippen molar-refractivity contribution >= 4 is 28.0 Å². The van der Waals surface area contributed by atoms with E-state index in [2.05, 4.69) is 16.2 Å². The lowest BCUT2D eigenvalue weighted by molar-refractivity contribution is 0.316. The van der Waals surface area contributed by atoms with E-state index in [9.17, 15) is 13.0 Å². The fraction of sp³-hybridized carbons (Fsp3) is 0.833. The molecule has 0 heterocycles. The van der Waals surface area contributed by atoms with Crippen LogP contribution in [0.25, 0.3) is 0 Å². The molecule has 0 saturated carbocycles. The first kappa shape index (κ1) is 14.3. The summed E-state index contributed by atoms with van der Waals surface area (Å²) < 4.78 is 42.5. The Morgan fingerprint density at radius 2 is 2.07 bits per heavy atom. The van der Waals surface area contributed by atoms with Gasteiger partial charge in [-0.1, -0.05) is 6.92 Å². The van der Waals surface area contributed by atoms with Crippen LogP contribution < -0.4 is 0 Å². The fourth-order valence-electron chi connectivity index (χ4n) is 0.563. The Morgan fingerprint density at radius 3 is 2.43 bits per heavy atom. The van der Waals surface area contributed by atoms with Gasteiger partial charge in [-0.25, -0.2) is 13.0 Å². The molecular formula is C6H14O5PS2+. The highest BCUT2D eigenvalue weighted by atomic mass is 32.7. The predicted molar refractivity (Wildman–Crippen MR) is 57.8 cm³/mol. The molecule has 0 radical (unpaired) electrons. The summed E-state index contributed by atoms with van der Waals surface area (Å²) in [4.78, 5) is 0. The molecule has 0 saturated heterocycles. The number of rotatable bonds is 7. The lowest BCUT2D eigenvalue weighted by atomic mass is 10.9. The molecule has 5 nitrogen and oxygen atoms in total. The Hall–Kier alpha value is 0.320. The monoisotopic (exact) mass is 261 g/mol. The van der Waals surface area contributed by atoms with Gasteiger partial charge in [0.1, 0.15) is 0 Å². The Balaban J connectivity index is 4.03. The highest BCUT2D eigenvalue weighted by molar-refractivity contribution is 8.55. The van der Waals surface area contributed by atoms with E-state index in [0.717, 1.165) is 11.4 Å². The van der Waals surface area contributed by atoms with Crippen LogP contribution in [0.1, 0.15) is 6.92 Å². The highest BCUT2D eigenvalue weighted by Crippen LogP contribution is 2.59. The summed E-state index contributed by atoms with van der Waals surface area (Å²) in [6.45, 7) is -1.67. The van der Waals surface area contributed by atoms with Crippen molar-refractivity contribution in [2.75, 3.05) is 24.4 Å². The quantitative estimate of drug-likeness (QED) is 0.513. The molecule has 0 N–H and O–H groups in total. The number of hydrogen-bond acceptors (Lipinski definition) is 6. The van der Waals surface area contributed by atoms with Crippen molar-refractivity contribution in [1.29, 1.82) is 0 Å². The Morgan fingerprint density at radius 1 is 1.50 bits per heavy atom. The minimum atomic E-state index is -3.24. The van der Waals surface area contributed by atoms with Gasteiger partial charge in [-0.15, -0.1) is 4.52 Å². The smallest absolute Gasteiger partial charge is 0.302 e. The molecule has 0 aliphatic rings. The maximum atomic E-state index is 11.4. The van der Waals surface area contributed by atoms with Crippen LogP contribution in [-0.2, 0) is 23.4 Å². The second-order valence-electron chi connectivity index (χ2n) is 2.33. The molecular weight excluding hydrogens is 247 g/mol. The summed E-state index contributed by atoms with van der Waals surface area (Å²) in [5.41, 5.74) is 0. The van der Waals surface area contributed by atoms with E-state index in [1.54, 1.807) is 6.92 Å². The lowest BCUT2D eigenvalue weighted by Crippen LogP contribution is -2.10. The van der Waals surface area contributed by atoms with Crippen LogP contribution in [0.4, 0.5) is 0 Å². The molecule has 0 aliphatic heterocycles. The molecule has 0 fully saturated rings. The van der Waals surface area contributed by atoms with Crippen LogP contribution in [0.3, 0.4) is 0 Å². The second kappa shape index (κ2) is 6.02. The van der Waals surface area contributed by atoms with Gasteiger partial charge in [0.05, 0.1) is 5.75 Å². The maximum Gasteiger partial charge on any atom is 0.429 e. The zero-order chi connectivity index (χ0) is 11.2. The SMILES string of the molecule is [CH2+]OP(=O)(OC)SCCS(=O)(=O)CC. The van der Waals surface area contributed by atoms with Gasteiger partial charge in [0.25, 0.3) is 0 Å². The first-order valence-corrected chi connectivity index (χ1v) is 8.79. The van der Waals surface area contributed by atoms with Crippen molar-refractivity contribution in [3.63, 3.8) is 0 Å². The maximum absolute atomic E-state index is 11.4. The second-order valence-corrected chi connectivity index (χ2v) is 9.10. The van der Waals surface area contributed by atoms with Gasteiger partial charge < -0.3 is 4.52 Å². The van der Waals surface area contributed by atoms with Crippen LogP contribution in [0.2, 0.25) is 0 Å². The molecule has 1 atom stereocenters. The van der Waals surface area contributed by atoms with Crippen molar-refractivity contribution in [3.8, 4) is 0 Å². The Bertz CT molecular complexity index is 291. The zero-order valence-electron chi connectivity index (χ0n) is 8.13. The van der Waals surface area contributed by atoms with Crippen LogP contribution >= 0.6 is 18.2 Å². The number of sulfone groups is 1. The van der Waals surface area contributed by atoms with Gasteiger partial charge in [0, 0.05) is 18.6 Å². The van der Waals surface area contributed by atoms with Gasteiger partial charge in [0.2, 0.25) is 7.11 Å². The van der Waals surface area contributed by atoms with Crippen molar-refractivity contribution in [3.05, 3.63) is 7.11 Å². The van der Waals surface area contributed by atoms with Crippen LogP contribution in [-0.4, -0.2) is 32.8 Å². The summed E-state index contributed by atoms with van der Waals surface area (Å²) >= 11 is 0.836. The zero-order valence-corrected chi connectivity index (χ0v) is 10.7. The first-order valence-electron chi connectivity index (χ1n) is 3.83. The van der Waals surface area contributed by atoms with Gasteiger partial charge in [-0.2, -0.15) is 0 Å². The molecule has 0 rings (SSSR count). The molecule has 0 aliphatic carbocycles. The molecule has 0 bridgehead atoms. The van der Waals surface area contributed by atoms with E-state index in [-0.39, 0.29) is 17.3 Å². The molecule has 0 spiro atoms. The topological polar surface area (TPSA) is 69.7 Å². The molecule has 8 heteroatoms. The third kappa shape index (κ3) is 5.26. The number of hydrogen-bond donors (Lipinski definition) is 0. The van der Waals surface area contributed by atoms with E-state index in [1.807, 2.05) is 0 Å². The van der Waals surface area contributed by atoms with Crippen LogP contribution in [0.15, 0.2) is 0 Å². The standard InChI is InChI=1S/C6H14O5PS2/c1-4-14(8,9)6-5-13-12(7,10-2)11-3/h2,4-6H2,1,3H3/q+1. The minimum Gasteiger partial charge on any atom is -0.302 e. The van der Waals surface area contributed by atoms with Crippen molar-refractivity contribution in [2.24, 2.45) is 0 Å². The summed E-state index contributed by atoms with van der Waals surface area (Å²) in [5, 5.41) is 0. The third-order valence-corrected chi connectivity index (χ3v) is 7.16. The van der Waals surface area contributed by atoms with E-state index in [4.69, 9.17) is 0 Å². The average Bonchev–Trinajstić information content (AvgIpc) is 2.17. The molecule has 0 amide bonds. The fourth-order valence-corrected chi connectivity index (χ4v) is 4.56. The minimum absolute atomic E-state index is 0.0368. The molecule has 1 unspecified atom stereocenters. The van der Waals surface area contributed by atoms with Gasteiger partial charge in [0.15, 0.2) is 9.84 Å². The van der Waals surface area contributed by atoms with Gasteiger partial charge in [-0.3, -0.25) is 0 Å². The van der Waals surface area contributed by atoms with Gasteiger partial charge >= 0.3 is 6.80 Å². The van der Waals surface area contributed by atoms with E-state index in [1.165, 1.54) is 7.11 Å². The third-order valence-electron chi connectivity index (χ3n) is 1.47. The molecule has 0 aromatic carbocycles. The largest absolute Gasteiger partial charge is 0.429 e. The van der Waals surface area contributed by atoms with E-state index >= 15 is 0 Å². The van der Waals surface area contributed by atoms with Crippen molar-refractivity contribution in [1.82, 2.24) is 0 Å². The summed E-state index contributed by atoms with van der Waals surface area (Å²) in [6.07, 6.45) is 0. The predicted octanol–water partition coefficient (Wildman–Crippen LogP) is 1.72.